The summed E-state index contributed by atoms with van der Waals surface area (Å²) in [4.78, 5) is 40.7. The lowest BCUT2D eigenvalue weighted by Crippen LogP contribution is -2.32. The predicted octanol–water partition coefficient (Wildman–Crippen LogP) is 6.04. The second-order valence-corrected chi connectivity index (χ2v) is 11.3. The number of ether oxygens (including phenoxy) is 1. The Morgan fingerprint density at radius 1 is 1.13 bits per heavy atom. The summed E-state index contributed by atoms with van der Waals surface area (Å²) in [6.07, 6.45) is 3.49. The van der Waals surface area contributed by atoms with E-state index >= 15 is 0 Å². The zero-order valence-corrected chi connectivity index (χ0v) is 23.1. The molecule has 1 aliphatic heterocycles. The molecule has 1 aliphatic rings. The minimum absolute atomic E-state index is 0.0666. The van der Waals surface area contributed by atoms with Crippen molar-refractivity contribution in [2.24, 2.45) is 0 Å². The average molecular weight is 615 g/mol. The first-order valence-corrected chi connectivity index (χ1v) is 14.1. The topological polar surface area (TPSA) is 80.6 Å². The maximum atomic E-state index is 13.1. The minimum Gasteiger partial charge on any atom is -0.492 e. The van der Waals surface area contributed by atoms with Crippen LogP contribution in [0.15, 0.2) is 75.6 Å². The van der Waals surface area contributed by atoms with E-state index in [-0.39, 0.29) is 41.6 Å². The van der Waals surface area contributed by atoms with Crippen LogP contribution >= 0.6 is 39.0 Å². The highest BCUT2D eigenvalue weighted by Crippen LogP contribution is 2.34. The third-order valence-electron chi connectivity index (χ3n) is 5.79. The van der Waals surface area contributed by atoms with Gasteiger partial charge in [0.1, 0.15) is 24.7 Å². The van der Waals surface area contributed by atoms with Crippen LogP contribution in [0.1, 0.15) is 10.4 Å². The van der Waals surface area contributed by atoms with Crippen molar-refractivity contribution in [3.8, 4) is 5.75 Å². The number of carbonyl (C=O) groups is 3. The van der Waals surface area contributed by atoms with Gasteiger partial charge in [0.2, 0.25) is 5.91 Å². The van der Waals surface area contributed by atoms with E-state index in [0.717, 1.165) is 42.5 Å². The summed E-state index contributed by atoms with van der Waals surface area (Å²) in [5, 5.41) is 5.35. The lowest BCUT2D eigenvalue weighted by atomic mass is 10.1. The molecule has 7 nitrogen and oxygen atoms in total. The lowest BCUT2D eigenvalue weighted by molar-refractivity contribution is -0.123. The standard InChI is InChI=1S/C27H21BrFN3O4S2/c28-18-3-8-23-22(13-18)17(15-31(23)16-25(33)30-14-21-2-1-11-37-21)12-24-26(34)32(27(35)38-24)9-10-36-20-6-4-19(29)5-7-20/h1-8,11-13,15H,9-10,14,16H2,(H,30,33)/b24-12-. The number of hydrogen-bond acceptors (Lipinski definition) is 6. The van der Waals surface area contributed by atoms with E-state index in [1.165, 1.54) is 24.3 Å². The molecule has 4 aromatic rings. The lowest BCUT2D eigenvalue weighted by Gasteiger charge is -2.13. The van der Waals surface area contributed by atoms with E-state index < -0.39 is 5.91 Å². The molecule has 0 saturated carbocycles. The van der Waals surface area contributed by atoms with Gasteiger partial charge in [0.25, 0.3) is 11.1 Å². The van der Waals surface area contributed by atoms with Crippen LogP contribution in [-0.4, -0.2) is 39.7 Å². The van der Waals surface area contributed by atoms with Gasteiger partial charge in [-0.3, -0.25) is 19.3 Å². The third kappa shape index (κ3) is 6.01. The van der Waals surface area contributed by atoms with Gasteiger partial charge in [0, 0.05) is 32.0 Å². The molecule has 5 rings (SSSR count). The maximum absolute atomic E-state index is 13.1. The number of aromatic nitrogens is 1. The molecule has 0 radical (unpaired) electrons. The molecule has 3 amide bonds. The summed E-state index contributed by atoms with van der Waals surface area (Å²) < 4.78 is 21.3. The molecule has 2 aromatic heterocycles. The zero-order chi connectivity index (χ0) is 26.6. The molecule has 0 unspecified atom stereocenters. The number of thioether (sulfide) groups is 1. The molecule has 38 heavy (non-hydrogen) atoms. The molecular formula is C27H21BrFN3O4S2. The molecule has 1 fully saturated rings. The van der Waals surface area contributed by atoms with Gasteiger partial charge in [-0.25, -0.2) is 4.39 Å². The third-order valence-corrected chi connectivity index (χ3v) is 8.06. The Morgan fingerprint density at radius 2 is 1.95 bits per heavy atom. The molecule has 1 N–H and O–H groups in total. The number of fused-ring (bicyclic) bond motifs is 1. The molecule has 0 atom stereocenters. The predicted molar refractivity (Wildman–Crippen MR) is 150 cm³/mol. The van der Waals surface area contributed by atoms with Gasteiger partial charge in [0.05, 0.1) is 18.0 Å². The van der Waals surface area contributed by atoms with Crippen molar-refractivity contribution >= 4 is 73.1 Å². The highest BCUT2D eigenvalue weighted by molar-refractivity contribution is 9.10. The number of thiophene rings is 1. The number of nitrogens with zero attached hydrogens (tertiary/aromatic N) is 2. The maximum Gasteiger partial charge on any atom is 0.293 e. The van der Waals surface area contributed by atoms with Gasteiger partial charge in [-0.15, -0.1) is 11.3 Å². The smallest absolute Gasteiger partial charge is 0.293 e. The number of imide groups is 1. The van der Waals surface area contributed by atoms with Gasteiger partial charge < -0.3 is 14.6 Å². The normalized spacial score (nSPS) is 14.6. The van der Waals surface area contributed by atoms with E-state index in [0.29, 0.717) is 12.3 Å². The van der Waals surface area contributed by atoms with Crippen LogP contribution in [0.4, 0.5) is 9.18 Å². The number of halogens is 2. The summed E-state index contributed by atoms with van der Waals surface area (Å²) in [5.41, 5.74) is 1.55. The Kier molecular flexibility index (Phi) is 7.96. The van der Waals surface area contributed by atoms with Gasteiger partial charge in [0.15, 0.2) is 0 Å². The number of benzene rings is 2. The van der Waals surface area contributed by atoms with E-state index in [4.69, 9.17) is 4.74 Å². The van der Waals surface area contributed by atoms with Gasteiger partial charge in [-0.1, -0.05) is 22.0 Å². The number of nitrogens with one attached hydrogen (secondary N) is 1. The Hall–Kier alpha value is -3.41. The fourth-order valence-corrected chi connectivity index (χ4v) is 5.83. The summed E-state index contributed by atoms with van der Waals surface area (Å²) in [6.45, 7) is 0.729. The fraction of sp³-hybridized carbons (Fsp3) is 0.148. The minimum atomic E-state index is -0.410. The van der Waals surface area contributed by atoms with Crippen molar-refractivity contribution in [3.63, 3.8) is 0 Å². The zero-order valence-electron chi connectivity index (χ0n) is 19.9. The summed E-state index contributed by atoms with van der Waals surface area (Å²) >= 11 is 5.93. The van der Waals surface area contributed by atoms with Crippen LogP contribution in [0.3, 0.4) is 0 Å². The summed E-state index contributed by atoms with van der Waals surface area (Å²) in [6, 6.07) is 15.1. The van der Waals surface area contributed by atoms with Crippen LogP contribution in [0, 0.1) is 5.82 Å². The largest absolute Gasteiger partial charge is 0.492 e. The van der Waals surface area contributed by atoms with Crippen LogP contribution in [0.5, 0.6) is 5.75 Å². The van der Waals surface area contributed by atoms with E-state index in [2.05, 4.69) is 21.2 Å². The summed E-state index contributed by atoms with van der Waals surface area (Å²) in [5.74, 6) is -0.467. The highest BCUT2D eigenvalue weighted by Gasteiger charge is 2.35. The summed E-state index contributed by atoms with van der Waals surface area (Å²) in [7, 11) is 0. The molecule has 1 saturated heterocycles. The van der Waals surface area contributed by atoms with Crippen LogP contribution < -0.4 is 10.1 Å². The van der Waals surface area contributed by atoms with Crippen molar-refractivity contribution in [2.45, 2.75) is 13.1 Å². The van der Waals surface area contributed by atoms with E-state index in [9.17, 15) is 18.8 Å². The monoisotopic (exact) mass is 613 g/mol. The molecule has 0 spiro atoms. The van der Waals surface area contributed by atoms with Crippen molar-refractivity contribution in [1.29, 1.82) is 0 Å². The quantitative estimate of drug-likeness (QED) is 0.233. The van der Waals surface area contributed by atoms with Crippen LogP contribution in [0.2, 0.25) is 0 Å². The second kappa shape index (κ2) is 11.5. The molecule has 2 aromatic carbocycles. The first kappa shape index (κ1) is 26.2. The van der Waals surface area contributed by atoms with Crippen LogP contribution in [-0.2, 0) is 22.7 Å². The van der Waals surface area contributed by atoms with Crippen molar-refractivity contribution in [3.05, 3.63) is 91.8 Å². The Morgan fingerprint density at radius 3 is 2.71 bits per heavy atom. The molecule has 194 valence electrons. The van der Waals surface area contributed by atoms with Gasteiger partial charge in [-0.05, 0) is 71.7 Å². The van der Waals surface area contributed by atoms with Crippen molar-refractivity contribution < 1.29 is 23.5 Å². The highest BCUT2D eigenvalue weighted by atomic mass is 79.9. The second-order valence-electron chi connectivity index (χ2n) is 8.37. The Bertz CT molecular complexity index is 1530. The Labute approximate surface area is 234 Å². The SMILES string of the molecule is O=C(Cn1cc(/C=C2\SC(=O)N(CCOc3ccc(F)cc3)C2=O)c2cc(Br)ccc21)NCc1cccs1. The number of hydrogen-bond donors (Lipinski definition) is 1. The van der Waals surface area contributed by atoms with Crippen molar-refractivity contribution in [1.82, 2.24) is 14.8 Å². The first-order valence-electron chi connectivity index (χ1n) is 11.6. The average Bonchev–Trinajstić information content (AvgIpc) is 3.60. The van der Waals surface area contributed by atoms with E-state index in [1.807, 2.05) is 46.5 Å². The van der Waals surface area contributed by atoms with Gasteiger partial charge >= 0.3 is 0 Å². The molecule has 0 bridgehead atoms. The molecule has 0 aliphatic carbocycles. The van der Waals surface area contributed by atoms with Gasteiger partial charge in [-0.2, -0.15) is 0 Å². The number of carbonyl (C=O) groups excluding carboxylic acids is 3. The molecule has 11 heteroatoms. The fourth-order valence-electron chi connectivity index (χ4n) is 3.97. The Balaban J connectivity index is 1.30. The molecule has 3 heterocycles. The number of amides is 3. The van der Waals surface area contributed by atoms with E-state index in [1.54, 1.807) is 17.4 Å². The molecular weight excluding hydrogens is 593 g/mol. The first-order chi connectivity index (χ1) is 18.4. The van der Waals surface area contributed by atoms with Crippen molar-refractivity contribution in [2.75, 3.05) is 13.2 Å². The number of rotatable bonds is 9. The van der Waals surface area contributed by atoms with Crippen LogP contribution in [0.25, 0.3) is 17.0 Å².